The number of carbonyl (C=O) groups is 5. The number of aliphatic hydroxyl groups is 2. The molecule has 1 heterocycles. The first-order valence-corrected chi connectivity index (χ1v) is 14.4. The molecule has 2 saturated carbocycles. The van der Waals surface area contributed by atoms with E-state index in [1.54, 1.807) is 27.7 Å². The number of hydrogen-bond donors (Lipinski definition) is 2. The van der Waals surface area contributed by atoms with Crippen molar-refractivity contribution in [1.82, 2.24) is 0 Å². The monoisotopic (exact) mass is 610 g/mol. The largest absolute Gasteiger partial charge is 0.462 e. The highest BCUT2D eigenvalue weighted by atomic mass is 16.6. The second kappa shape index (κ2) is 10.8. The molecule has 10 atom stereocenters. The van der Waals surface area contributed by atoms with Crippen molar-refractivity contribution in [2.75, 3.05) is 6.61 Å². The highest BCUT2D eigenvalue weighted by Gasteiger charge is 2.79. The smallest absolute Gasteiger partial charge is 0.303 e. The molecule has 0 radical (unpaired) electrons. The lowest BCUT2D eigenvalue weighted by atomic mass is 9.45. The fourth-order valence-corrected chi connectivity index (χ4v) is 8.10. The van der Waals surface area contributed by atoms with E-state index >= 15 is 0 Å². The molecule has 43 heavy (non-hydrogen) atoms. The van der Waals surface area contributed by atoms with Gasteiger partial charge < -0.3 is 38.6 Å². The average Bonchev–Trinajstić information content (AvgIpc) is 3.63. The summed E-state index contributed by atoms with van der Waals surface area (Å²) in [4.78, 5) is 63.0. The SMILES string of the molecule is CC(=O)O[C@H]1C[C@@]2(O)[C@@H](OC(C)=O)[C@@H]3[C@]4(CO4)[C@@H](O)C[C@H](OC(C)=O)[C@@]3(C)[C@@H](OC(C)=O)[C@H](OC(C)=O)C(=C1C)C2(C)C. The highest BCUT2D eigenvalue weighted by molar-refractivity contribution is 5.70. The summed E-state index contributed by atoms with van der Waals surface area (Å²) < 4.78 is 35.3. The van der Waals surface area contributed by atoms with E-state index in [0.717, 1.165) is 6.92 Å². The van der Waals surface area contributed by atoms with Crippen molar-refractivity contribution in [2.24, 2.45) is 16.7 Å². The molecule has 0 aromatic heterocycles. The van der Waals surface area contributed by atoms with Crippen molar-refractivity contribution in [3.05, 3.63) is 11.1 Å². The molecule has 2 N–H and O–H groups in total. The summed E-state index contributed by atoms with van der Waals surface area (Å²) in [6.45, 7) is 12.5. The van der Waals surface area contributed by atoms with Crippen LogP contribution >= 0.6 is 0 Å². The van der Waals surface area contributed by atoms with Gasteiger partial charge in [-0.25, -0.2) is 0 Å². The Morgan fingerprint density at radius 2 is 1.28 bits per heavy atom. The van der Waals surface area contributed by atoms with E-state index < -0.39 is 94.4 Å². The lowest BCUT2D eigenvalue weighted by Crippen LogP contribution is -2.76. The fraction of sp³-hybridized carbons (Fsp3) is 0.767. The second-order valence-corrected chi connectivity index (χ2v) is 13.0. The average molecular weight is 611 g/mol. The van der Waals surface area contributed by atoms with E-state index in [-0.39, 0.29) is 25.0 Å². The molecule has 0 aromatic rings. The third-order valence-electron chi connectivity index (χ3n) is 9.97. The van der Waals surface area contributed by atoms with Crippen molar-refractivity contribution in [1.29, 1.82) is 0 Å². The van der Waals surface area contributed by atoms with Gasteiger partial charge in [-0.15, -0.1) is 0 Å². The van der Waals surface area contributed by atoms with Crippen LogP contribution in [0.1, 0.15) is 75.2 Å². The zero-order chi connectivity index (χ0) is 32.4. The lowest BCUT2D eigenvalue weighted by Gasteiger charge is -2.64. The van der Waals surface area contributed by atoms with E-state index in [1.807, 2.05) is 0 Å². The molecule has 1 saturated heterocycles. The predicted octanol–water partition coefficient (Wildman–Crippen LogP) is 1.29. The molecule has 0 unspecified atom stereocenters. The third kappa shape index (κ3) is 5.12. The molecule has 4 rings (SSSR count). The normalized spacial score (nSPS) is 41.1. The molecular formula is C30H42O13. The first kappa shape index (κ1) is 32.9. The van der Waals surface area contributed by atoms with Gasteiger partial charge >= 0.3 is 29.8 Å². The molecular weight excluding hydrogens is 568 g/mol. The molecule has 2 bridgehead atoms. The lowest BCUT2D eigenvalue weighted by molar-refractivity contribution is -0.283. The van der Waals surface area contributed by atoms with Gasteiger partial charge in [0.15, 0.2) is 12.2 Å². The van der Waals surface area contributed by atoms with E-state index in [2.05, 4.69) is 0 Å². The van der Waals surface area contributed by atoms with E-state index in [4.69, 9.17) is 28.4 Å². The van der Waals surface area contributed by atoms with E-state index in [1.165, 1.54) is 27.7 Å². The number of epoxide rings is 1. The number of ether oxygens (including phenoxy) is 6. The van der Waals surface area contributed by atoms with Crippen molar-refractivity contribution in [2.45, 2.75) is 123 Å². The second-order valence-electron chi connectivity index (χ2n) is 13.0. The van der Waals surface area contributed by atoms with Gasteiger partial charge in [0.2, 0.25) is 0 Å². The Bertz CT molecular complexity index is 1250. The number of rotatable bonds is 5. The fourth-order valence-electron chi connectivity index (χ4n) is 8.10. The van der Waals surface area contributed by atoms with Gasteiger partial charge in [-0.1, -0.05) is 20.8 Å². The van der Waals surface area contributed by atoms with Crippen LogP contribution in [0.2, 0.25) is 0 Å². The van der Waals surface area contributed by atoms with Crippen LogP contribution in [0.3, 0.4) is 0 Å². The van der Waals surface area contributed by atoms with Gasteiger partial charge in [-0.2, -0.15) is 0 Å². The summed E-state index contributed by atoms with van der Waals surface area (Å²) in [5, 5.41) is 24.4. The number of fused-ring (bicyclic) bond motifs is 4. The summed E-state index contributed by atoms with van der Waals surface area (Å²) in [5.74, 6) is -4.82. The molecule has 0 aromatic carbocycles. The van der Waals surface area contributed by atoms with Crippen LogP contribution in [0.4, 0.5) is 0 Å². The maximum Gasteiger partial charge on any atom is 0.303 e. The van der Waals surface area contributed by atoms with Crippen LogP contribution in [-0.2, 0) is 52.4 Å². The predicted molar refractivity (Wildman–Crippen MR) is 145 cm³/mol. The van der Waals surface area contributed by atoms with Gasteiger partial charge in [-0.3, -0.25) is 24.0 Å². The molecule has 3 fully saturated rings. The van der Waals surface area contributed by atoms with Gasteiger partial charge in [0, 0.05) is 58.8 Å². The van der Waals surface area contributed by atoms with Crippen LogP contribution in [-0.4, -0.2) is 94.5 Å². The molecule has 0 amide bonds. The summed E-state index contributed by atoms with van der Waals surface area (Å²) >= 11 is 0. The number of carbonyl (C=O) groups excluding carboxylic acids is 5. The minimum atomic E-state index is -2.05. The van der Waals surface area contributed by atoms with Crippen LogP contribution in [0.15, 0.2) is 11.1 Å². The van der Waals surface area contributed by atoms with Crippen molar-refractivity contribution < 1.29 is 62.6 Å². The van der Waals surface area contributed by atoms with Gasteiger partial charge in [-0.05, 0) is 18.1 Å². The van der Waals surface area contributed by atoms with Gasteiger partial charge in [0.1, 0.15) is 29.5 Å². The molecule has 1 spiro atoms. The maximum atomic E-state index is 12.9. The maximum absolute atomic E-state index is 12.9. The molecule has 3 aliphatic carbocycles. The van der Waals surface area contributed by atoms with Crippen molar-refractivity contribution in [3.63, 3.8) is 0 Å². The number of esters is 5. The van der Waals surface area contributed by atoms with Crippen molar-refractivity contribution >= 4 is 29.8 Å². The summed E-state index contributed by atoms with van der Waals surface area (Å²) in [6, 6.07) is 0. The van der Waals surface area contributed by atoms with E-state index in [9.17, 15) is 34.2 Å². The highest BCUT2D eigenvalue weighted by Crippen LogP contribution is 2.66. The van der Waals surface area contributed by atoms with Gasteiger partial charge in [0.25, 0.3) is 0 Å². The zero-order valence-corrected chi connectivity index (χ0v) is 26.0. The van der Waals surface area contributed by atoms with Gasteiger partial charge in [0.05, 0.1) is 18.1 Å². The Kier molecular flexibility index (Phi) is 8.29. The Labute approximate surface area is 250 Å². The van der Waals surface area contributed by atoms with E-state index in [0.29, 0.717) is 5.57 Å². The minimum absolute atomic E-state index is 0.0182. The first-order chi connectivity index (χ1) is 19.7. The molecule has 1 aliphatic heterocycles. The van der Waals surface area contributed by atoms with Crippen molar-refractivity contribution in [3.8, 4) is 0 Å². The molecule has 4 aliphatic rings. The summed E-state index contributed by atoms with van der Waals surface area (Å²) in [6.07, 6.45) is -8.19. The Morgan fingerprint density at radius 3 is 1.74 bits per heavy atom. The first-order valence-electron chi connectivity index (χ1n) is 14.4. The molecule has 240 valence electrons. The summed E-state index contributed by atoms with van der Waals surface area (Å²) in [7, 11) is 0. The quantitative estimate of drug-likeness (QED) is 0.197. The van der Waals surface area contributed by atoms with Crippen LogP contribution < -0.4 is 0 Å². The topological polar surface area (TPSA) is 184 Å². The Balaban J connectivity index is 2.19. The standard InChI is InChI=1S/C30H42O13/c1-13-19(39-14(2)31)11-30(37)26(43-18(6)35)24-28(9,21(40-15(3)32)10-20(36)29(24)12-38-29)25(42-17(5)34)23(41-16(4)33)22(13)27(30,7)8/h19-21,23-26,36-37H,10-12H2,1-9H3/t19-,20-,21-,23+,24-,25-,26-,28+,29-,30+/m0/s1. The van der Waals surface area contributed by atoms with Crippen LogP contribution in [0.5, 0.6) is 0 Å². The van der Waals surface area contributed by atoms with Crippen LogP contribution in [0, 0.1) is 16.7 Å². The molecule has 13 nitrogen and oxygen atoms in total. The summed E-state index contributed by atoms with van der Waals surface area (Å²) in [5.41, 5.74) is -5.73. The number of aliphatic hydroxyl groups excluding tert-OH is 1. The van der Waals surface area contributed by atoms with Crippen LogP contribution in [0.25, 0.3) is 0 Å². The number of hydrogen-bond acceptors (Lipinski definition) is 13. The Hall–Kier alpha value is -3.03. The minimum Gasteiger partial charge on any atom is -0.462 e. The zero-order valence-electron chi connectivity index (χ0n) is 26.0. The molecule has 13 heteroatoms. The Morgan fingerprint density at radius 1 is 0.791 bits per heavy atom. The third-order valence-corrected chi connectivity index (χ3v) is 9.97.